The van der Waals surface area contributed by atoms with E-state index in [0.29, 0.717) is 17.0 Å². The van der Waals surface area contributed by atoms with Gasteiger partial charge in [-0.05, 0) is 6.07 Å². The molecule has 0 fully saturated rings. The molecule has 0 unspecified atom stereocenters. The lowest BCUT2D eigenvalue weighted by atomic mass is 10.1. The molecule has 0 saturated heterocycles. The van der Waals surface area contributed by atoms with E-state index in [4.69, 9.17) is 5.73 Å². The molecule has 14 heavy (non-hydrogen) atoms. The summed E-state index contributed by atoms with van der Waals surface area (Å²) < 4.78 is 4.59. The normalized spacial score (nSPS) is 10.0. The standard InChI is InChI=1S/C9H7N3O2/c10-8(13)6-3-1-2-4-7(6)9-11-5-14-12-9/h1-5H,(H2,10,13). The number of aromatic nitrogens is 2. The van der Waals surface area contributed by atoms with Gasteiger partial charge in [-0.15, -0.1) is 0 Å². The molecule has 2 rings (SSSR count). The van der Waals surface area contributed by atoms with Crippen LogP contribution in [-0.2, 0) is 0 Å². The second-order valence-electron chi connectivity index (χ2n) is 2.66. The molecule has 1 aromatic carbocycles. The lowest BCUT2D eigenvalue weighted by molar-refractivity contribution is 0.100. The van der Waals surface area contributed by atoms with E-state index in [0.717, 1.165) is 0 Å². The number of rotatable bonds is 2. The Morgan fingerprint density at radius 3 is 2.79 bits per heavy atom. The van der Waals surface area contributed by atoms with Gasteiger partial charge in [-0.1, -0.05) is 23.4 Å². The first-order valence-electron chi connectivity index (χ1n) is 3.94. The van der Waals surface area contributed by atoms with Crippen molar-refractivity contribution in [2.45, 2.75) is 0 Å². The summed E-state index contributed by atoms with van der Waals surface area (Å²) >= 11 is 0. The molecule has 0 aliphatic heterocycles. The van der Waals surface area contributed by atoms with Gasteiger partial charge in [-0.25, -0.2) is 0 Å². The molecule has 2 aromatic rings. The molecule has 70 valence electrons. The Hall–Kier alpha value is -2.17. The predicted molar refractivity (Wildman–Crippen MR) is 48.3 cm³/mol. The fourth-order valence-electron chi connectivity index (χ4n) is 1.18. The highest BCUT2D eigenvalue weighted by Crippen LogP contribution is 2.18. The zero-order valence-electron chi connectivity index (χ0n) is 7.18. The molecule has 0 aliphatic rings. The summed E-state index contributed by atoms with van der Waals surface area (Å²) in [5.41, 5.74) is 6.16. The summed E-state index contributed by atoms with van der Waals surface area (Å²) in [6.07, 6.45) is 1.20. The summed E-state index contributed by atoms with van der Waals surface area (Å²) in [5.74, 6) is -0.148. The largest absolute Gasteiger partial charge is 0.366 e. The minimum Gasteiger partial charge on any atom is -0.366 e. The maximum atomic E-state index is 11.1. The summed E-state index contributed by atoms with van der Waals surface area (Å²) in [7, 11) is 0. The van der Waals surface area contributed by atoms with Crippen LogP contribution in [0, 0.1) is 0 Å². The Bertz CT molecular complexity index is 451. The van der Waals surface area contributed by atoms with E-state index in [-0.39, 0.29) is 0 Å². The van der Waals surface area contributed by atoms with Crippen LogP contribution in [0.3, 0.4) is 0 Å². The van der Waals surface area contributed by atoms with Gasteiger partial charge >= 0.3 is 0 Å². The van der Waals surface area contributed by atoms with Crippen LogP contribution in [0.4, 0.5) is 0 Å². The Kier molecular flexibility index (Phi) is 1.98. The number of amides is 1. The number of benzene rings is 1. The van der Waals surface area contributed by atoms with Gasteiger partial charge in [0.25, 0.3) is 0 Å². The van der Waals surface area contributed by atoms with Crippen molar-refractivity contribution in [2.75, 3.05) is 0 Å². The number of carbonyl (C=O) groups excluding carboxylic acids is 1. The minimum atomic E-state index is -0.509. The fourth-order valence-corrected chi connectivity index (χ4v) is 1.18. The number of hydrogen-bond acceptors (Lipinski definition) is 4. The van der Waals surface area contributed by atoms with Crippen LogP contribution in [0.5, 0.6) is 0 Å². The molecule has 2 N–H and O–H groups in total. The molecule has 0 bridgehead atoms. The zero-order chi connectivity index (χ0) is 9.97. The molecule has 5 heteroatoms. The Morgan fingerprint density at radius 2 is 2.14 bits per heavy atom. The van der Waals surface area contributed by atoms with E-state index in [1.54, 1.807) is 24.3 Å². The van der Waals surface area contributed by atoms with E-state index in [1.807, 2.05) is 0 Å². The van der Waals surface area contributed by atoms with E-state index < -0.39 is 5.91 Å². The lowest BCUT2D eigenvalue weighted by Crippen LogP contribution is -2.12. The minimum absolute atomic E-state index is 0.361. The first kappa shape index (κ1) is 8.43. The van der Waals surface area contributed by atoms with Gasteiger partial charge < -0.3 is 10.3 Å². The van der Waals surface area contributed by atoms with Crippen LogP contribution in [0.1, 0.15) is 10.4 Å². The highest BCUT2D eigenvalue weighted by Gasteiger charge is 2.11. The van der Waals surface area contributed by atoms with Crippen molar-refractivity contribution in [2.24, 2.45) is 5.73 Å². The molecule has 1 amide bonds. The third-order valence-electron chi connectivity index (χ3n) is 1.79. The average molecular weight is 189 g/mol. The van der Waals surface area contributed by atoms with Gasteiger partial charge in [0.05, 0.1) is 5.56 Å². The first-order valence-corrected chi connectivity index (χ1v) is 3.94. The number of nitrogens with zero attached hydrogens (tertiary/aromatic N) is 2. The third kappa shape index (κ3) is 1.35. The molecule has 0 saturated carbocycles. The van der Waals surface area contributed by atoms with Gasteiger partial charge in [0.15, 0.2) is 0 Å². The van der Waals surface area contributed by atoms with Gasteiger partial charge in [0.2, 0.25) is 18.1 Å². The summed E-state index contributed by atoms with van der Waals surface area (Å²) in [6, 6.07) is 6.83. The topological polar surface area (TPSA) is 82.0 Å². The van der Waals surface area contributed by atoms with Crippen molar-refractivity contribution in [3.8, 4) is 11.4 Å². The van der Waals surface area contributed by atoms with E-state index in [2.05, 4.69) is 14.7 Å². The smallest absolute Gasteiger partial charge is 0.249 e. The van der Waals surface area contributed by atoms with Crippen molar-refractivity contribution in [3.05, 3.63) is 36.2 Å². The van der Waals surface area contributed by atoms with Gasteiger partial charge in [0, 0.05) is 5.56 Å². The number of carbonyl (C=O) groups is 1. The van der Waals surface area contributed by atoms with E-state index in [9.17, 15) is 4.79 Å². The molecule has 0 radical (unpaired) electrons. The van der Waals surface area contributed by atoms with Crippen LogP contribution >= 0.6 is 0 Å². The maximum Gasteiger partial charge on any atom is 0.249 e. The van der Waals surface area contributed by atoms with Crippen LogP contribution in [-0.4, -0.2) is 16.0 Å². The second-order valence-corrected chi connectivity index (χ2v) is 2.66. The SMILES string of the molecule is NC(=O)c1ccccc1-c1ncon1. The van der Waals surface area contributed by atoms with Crippen LogP contribution < -0.4 is 5.73 Å². The third-order valence-corrected chi connectivity index (χ3v) is 1.79. The first-order chi connectivity index (χ1) is 6.79. The fraction of sp³-hybridized carbons (Fsp3) is 0. The van der Waals surface area contributed by atoms with Crippen molar-refractivity contribution in [1.29, 1.82) is 0 Å². The molecule has 1 heterocycles. The monoisotopic (exact) mass is 189 g/mol. The molecule has 5 nitrogen and oxygen atoms in total. The number of primary amides is 1. The van der Waals surface area contributed by atoms with Crippen molar-refractivity contribution in [1.82, 2.24) is 10.1 Å². The van der Waals surface area contributed by atoms with Gasteiger partial charge in [0.1, 0.15) is 0 Å². The molecule has 0 atom stereocenters. The van der Waals surface area contributed by atoms with Crippen LogP contribution in [0.15, 0.2) is 35.2 Å². The van der Waals surface area contributed by atoms with E-state index >= 15 is 0 Å². The molecule has 0 aliphatic carbocycles. The second kappa shape index (κ2) is 3.29. The quantitative estimate of drug-likeness (QED) is 0.758. The lowest BCUT2D eigenvalue weighted by Gasteiger charge is -2.00. The number of nitrogens with two attached hydrogens (primary N) is 1. The molecular weight excluding hydrogens is 182 g/mol. The van der Waals surface area contributed by atoms with Gasteiger partial charge in [-0.2, -0.15) is 4.98 Å². The molecular formula is C9H7N3O2. The Labute approximate surface area is 79.5 Å². The summed E-state index contributed by atoms with van der Waals surface area (Å²) in [5, 5.41) is 3.64. The van der Waals surface area contributed by atoms with Crippen LogP contribution in [0.2, 0.25) is 0 Å². The number of hydrogen-bond donors (Lipinski definition) is 1. The van der Waals surface area contributed by atoms with Crippen molar-refractivity contribution < 1.29 is 9.32 Å². The molecule has 0 spiro atoms. The Balaban J connectivity index is 2.58. The highest BCUT2D eigenvalue weighted by molar-refractivity contribution is 5.98. The zero-order valence-corrected chi connectivity index (χ0v) is 7.18. The average Bonchev–Trinajstić information content (AvgIpc) is 2.70. The Morgan fingerprint density at radius 1 is 1.36 bits per heavy atom. The highest BCUT2D eigenvalue weighted by atomic mass is 16.5. The van der Waals surface area contributed by atoms with Crippen molar-refractivity contribution in [3.63, 3.8) is 0 Å². The maximum absolute atomic E-state index is 11.1. The molecule has 1 aromatic heterocycles. The van der Waals surface area contributed by atoms with Gasteiger partial charge in [-0.3, -0.25) is 4.79 Å². The summed E-state index contributed by atoms with van der Waals surface area (Å²) in [4.78, 5) is 14.9. The van der Waals surface area contributed by atoms with Crippen LogP contribution in [0.25, 0.3) is 11.4 Å². The van der Waals surface area contributed by atoms with E-state index in [1.165, 1.54) is 6.39 Å². The summed E-state index contributed by atoms with van der Waals surface area (Å²) in [6.45, 7) is 0. The predicted octanol–water partition coefficient (Wildman–Crippen LogP) is 0.836. The van der Waals surface area contributed by atoms with Crippen molar-refractivity contribution >= 4 is 5.91 Å².